The Morgan fingerprint density at radius 1 is 1.31 bits per heavy atom. The molecule has 7 heteroatoms. The maximum Gasteiger partial charge on any atom is 0.234 e. The number of rotatable bonds is 2. The van der Waals surface area contributed by atoms with Crippen molar-refractivity contribution in [2.24, 2.45) is 0 Å². The Balaban J connectivity index is 1.82. The number of aromatic nitrogens is 4. The van der Waals surface area contributed by atoms with Crippen LogP contribution in [-0.2, 0) is 6.54 Å². The summed E-state index contributed by atoms with van der Waals surface area (Å²) in [6.07, 6.45) is 0. The van der Waals surface area contributed by atoms with Crippen LogP contribution in [0, 0.1) is 6.92 Å². The van der Waals surface area contributed by atoms with E-state index in [0.29, 0.717) is 0 Å². The lowest BCUT2D eigenvalue weighted by molar-refractivity contribution is 0.226. The number of hydrogen-bond donors (Lipinski definition) is 1. The molecule has 0 amide bonds. The molecule has 0 unspecified atom stereocenters. The molecule has 3 rings (SSSR count). The van der Waals surface area contributed by atoms with Crippen molar-refractivity contribution in [3.8, 4) is 0 Å². The van der Waals surface area contributed by atoms with Crippen LogP contribution in [0.3, 0.4) is 0 Å². The summed E-state index contributed by atoms with van der Waals surface area (Å²) in [7, 11) is 0. The fourth-order valence-electron chi connectivity index (χ4n) is 1.92. The van der Waals surface area contributed by atoms with Crippen molar-refractivity contribution in [3.05, 3.63) is 10.8 Å². The molecule has 2 aromatic rings. The third kappa shape index (κ3) is 1.81. The lowest BCUT2D eigenvalue weighted by atomic mass is 10.3. The van der Waals surface area contributed by atoms with Crippen molar-refractivity contribution in [2.75, 3.05) is 26.2 Å². The average molecular weight is 238 g/mol. The van der Waals surface area contributed by atoms with Gasteiger partial charge in [-0.2, -0.15) is 9.61 Å². The Labute approximate surface area is 97.3 Å². The van der Waals surface area contributed by atoms with Gasteiger partial charge in [-0.05, 0) is 6.92 Å². The summed E-state index contributed by atoms with van der Waals surface area (Å²) in [6, 6.07) is 0. The van der Waals surface area contributed by atoms with E-state index in [0.717, 1.165) is 48.5 Å². The van der Waals surface area contributed by atoms with Gasteiger partial charge in [-0.1, -0.05) is 11.3 Å². The van der Waals surface area contributed by atoms with Crippen LogP contribution in [0.15, 0.2) is 0 Å². The number of fused-ring (bicyclic) bond motifs is 1. The monoisotopic (exact) mass is 238 g/mol. The second-order valence-electron chi connectivity index (χ2n) is 3.96. The van der Waals surface area contributed by atoms with E-state index in [1.165, 1.54) is 0 Å². The van der Waals surface area contributed by atoms with Gasteiger partial charge in [-0.3, -0.25) is 4.90 Å². The maximum absolute atomic E-state index is 4.41. The minimum Gasteiger partial charge on any atom is -0.314 e. The van der Waals surface area contributed by atoms with E-state index < -0.39 is 0 Å². The van der Waals surface area contributed by atoms with Crippen LogP contribution in [0.2, 0.25) is 0 Å². The molecule has 0 saturated carbocycles. The molecule has 0 radical (unpaired) electrons. The van der Waals surface area contributed by atoms with Crippen LogP contribution >= 0.6 is 11.3 Å². The molecule has 3 heterocycles. The van der Waals surface area contributed by atoms with Crippen LogP contribution in [0.5, 0.6) is 0 Å². The summed E-state index contributed by atoms with van der Waals surface area (Å²) in [5.41, 5.74) is 0. The smallest absolute Gasteiger partial charge is 0.234 e. The maximum atomic E-state index is 4.41. The molecule has 2 aromatic heterocycles. The molecule has 0 aliphatic carbocycles. The van der Waals surface area contributed by atoms with Crippen LogP contribution in [0.1, 0.15) is 10.8 Å². The van der Waals surface area contributed by atoms with Gasteiger partial charge in [0, 0.05) is 26.2 Å². The normalized spacial score (nSPS) is 18.3. The minimum absolute atomic E-state index is 0.839. The van der Waals surface area contributed by atoms with Crippen molar-refractivity contribution in [3.63, 3.8) is 0 Å². The zero-order valence-electron chi connectivity index (χ0n) is 9.18. The second kappa shape index (κ2) is 4.08. The number of hydrogen-bond acceptors (Lipinski definition) is 6. The lowest BCUT2D eigenvalue weighted by Gasteiger charge is -2.25. The van der Waals surface area contributed by atoms with E-state index in [2.05, 4.69) is 25.5 Å². The predicted molar refractivity (Wildman–Crippen MR) is 61.5 cm³/mol. The third-order valence-corrected chi connectivity index (χ3v) is 3.55. The summed E-state index contributed by atoms with van der Waals surface area (Å²) >= 11 is 1.58. The molecule has 1 N–H and O–H groups in total. The van der Waals surface area contributed by atoms with Gasteiger partial charge in [0.25, 0.3) is 0 Å². The molecule has 0 aromatic carbocycles. The van der Waals surface area contributed by atoms with Gasteiger partial charge < -0.3 is 5.32 Å². The van der Waals surface area contributed by atoms with Gasteiger partial charge >= 0.3 is 0 Å². The molecular formula is C9H14N6S. The molecule has 0 atom stereocenters. The average Bonchev–Trinajstić information content (AvgIpc) is 2.81. The molecule has 1 saturated heterocycles. The third-order valence-electron chi connectivity index (χ3n) is 2.73. The first-order chi connectivity index (χ1) is 7.83. The highest BCUT2D eigenvalue weighted by Gasteiger charge is 2.15. The number of nitrogens with zero attached hydrogens (tertiary/aromatic N) is 5. The zero-order chi connectivity index (χ0) is 11.0. The molecule has 6 nitrogen and oxygen atoms in total. The van der Waals surface area contributed by atoms with Gasteiger partial charge in [-0.15, -0.1) is 10.2 Å². The lowest BCUT2D eigenvalue weighted by Crippen LogP contribution is -2.43. The molecule has 1 aliphatic rings. The Morgan fingerprint density at radius 3 is 2.94 bits per heavy atom. The first kappa shape index (κ1) is 10.1. The quantitative estimate of drug-likeness (QED) is 0.791. The highest BCUT2D eigenvalue weighted by molar-refractivity contribution is 7.16. The van der Waals surface area contributed by atoms with E-state index in [1.807, 2.05) is 11.4 Å². The fourth-order valence-corrected chi connectivity index (χ4v) is 2.62. The molecular weight excluding hydrogens is 224 g/mol. The van der Waals surface area contributed by atoms with Crippen molar-refractivity contribution in [2.45, 2.75) is 13.5 Å². The Hall–Kier alpha value is -1.05. The van der Waals surface area contributed by atoms with Crippen molar-refractivity contribution in [1.82, 2.24) is 30.0 Å². The second-order valence-corrected chi connectivity index (χ2v) is 5.12. The van der Waals surface area contributed by atoms with E-state index in [9.17, 15) is 0 Å². The van der Waals surface area contributed by atoms with E-state index in [-0.39, 0.29) is 0 Å². The molecule has 86 valence electrons. The topological polar surface area (TPSA) is 58.4 Å². The van der Waals surface area contributed by atoms with Crippen molar-refractivity contribution >= 4 is 16.3 Å². The van der Waals surface area contributed by atoms with Crippen LogP contribution < -0.4 is 5.32 Å². The summed E-state index contributed by atoms with van der Waals surface area (Å²) in [4.78, 5) is 3.27. The predicted octanol–water partition coefficient (Wildman–Crippen LogP) is -0.101. The van der Waals surface area contributed by atoms with E-state index >= 15 is 0 Å². The van der Waals surface area contributed by atoms with Gasteiger partial charge in [0.15, 0.2) is 5.82 Å². The first-order valence-corrected chi connectivity index (χ1v) is 6.25. The van der Waals surface area contributed by atoms with Gasteiger partial charge in [0.05, 0.1) is 6.54 Å². The van der Waals surface area contributed by atoms with Crippen LogP contribution in [0.4, 0.5) is 0 Å². The Morgan fingerprint density at radius 2 is 2.12 bits per heavy atom. The Kier molecular flexibility index (Phi) is 2.58. The first-order valence-electron chi connectivity index (χ1n) is 5.44. The SMILES string of the molecule is Cc1nn2c(CN3CCNCC3)nnc2s1. The van der Waals surface area contributed by atoms with E-state index in [4.69, 9.17) is 0 Å². The summed E-state index contributed by atoms with van der Waals surface area (Å²) < 4.78 is 1.86. The number of nitrogens with one attached hydrogen (secondary N) is 1. The molecule has 1 fully saturated rings. The minimum atomic E-state index is 0.839. The highest BCUT2D eigenvalue weighted by Crippen LogP contribution is 2.13. The number of piperazine rings is 1. The van der Waals surface area contributed by atoms with Gasteiger partial charge in [-0.25, -0.2) is 0 Å². The van der Waals surface area contributed by atoms with Crippen molar-refractivity contribution < 1.29 is 0 Å². The van der Waals surface area contributed by atoms with E-state index in [1.54, 1.807) is 11.3 Å². The highest BCUT2D eigenvalue weighted by atomic mass is 32.1. The standard InChI is InChI=1S/C9H14N6S/c1-7-13-15-8(11-12-9(15)16-7)6-14-4-2-10-3-5-14/h10H,2-6H2,1H3. The molecule has 16 heavy (non-hydrogen) atoms. The summed E-state index contributed by atoms with van der Waals surface area (Å²) in [5, 5.41) is 17.1. The fraction of sp³-hybridized carbons (Fsp3) is 0.667. The van der Waals surface area contributed by atoms with Gasteiger partial charge in [0.2, 0.25) is 4.96 Å². The largest absolute Gasteiger partial charge is 0.314 e. The summed E-state index contributed by atoms with van der Waals surface area (Å²) in [6.45, 7) is 7.08. The molecule has 1 aliphatic heterocycles. The molecule has 0 bridgehead atoms. The van der Waals surface area contributed by atoms with Crippen molar-refractivity contribution in [1.29, 1.82) is 0 Å². The van der Waals surface area contributed by atoms with Crippen LogP contribution in [-0.4, -0.2) is 50.9 Å². The van der Waals surface area contributed by atoms with Gasteiger partial charge in [0.1, 0.15) is 5.01 Å². The summed E-state index contributed by atoms with van der Waals surface area (Å²) in [5.74, 6) is 0.946. The zero-order valence-corrected chi connectivity index (χ0v) is 10.00. The van der Waals surface area contributed by atoms with Crippen LogP contribution in [0.25, 0.3) is 4.96 Å². The molecule has 0 spiro atoms. The Bertz CT molecular complexity index is 483. The number of aryl methyl sites for hydroxylation is 1.